The molecule has 0 aliphatic carbocycles. The second-order valence-corrected chi connectivity index (χ2v) is 4.92. The quantitative estimate of drug-likeness (QED) is 0.814. The molecule has 1 unspecified atom stereocenters. The molecular weight excluding hydrogens is 230 g/mol. The molecule has 0 radical (unpaired) electrons. The number of carbonyl (C=O) groups excluding carboxylic acids is 1. The Kier molecular flexibility index (Phi) is 4.73. The number of ether oxygens (including phenoxy) is 2. The Bertz CT molecular complexity index is 413. The zero-order valence-electron chi connectivity index (χ0n) is 11.4. The molecule has 0 saturated carbocycles. The average molecular weight is 251 g/mol. The first kappa shape index (κ1) is 14.5. The van der Waals surface area contributed by atoms with Crippen LogP contribution in [0.25, 0.3) is 0 Å². The van der Waals surface area contributed by atoms with E-state index in [9.17, 15) is 4.79 Å². The largest absolute Gasteiger partial charge is 0.491 e. The fraction of sp³-hybridized carbons (Fsp3) is 0.500. The third-order valence-corrected chi connectivity index (χ3v) is 2.72. The number of esters is 1. The fourth-order valence-corrected chi connectivity index (χ4v) is 1.49. The van der Waals surface area contributed by atoms with E-state index in [0.717, 1.165) is 0 Å². The first-order valence-electron chi connectivity index (χ1n) is 5.97. The number of carbonyl (C=O) groups is 1. The van der Waals surface area contributed by atoms with E-state index in [4.69, 9.17) is 10.5 Å². The van der Waals surface area contributed by atoms with E-state index in [1.54, 1.807) is 6.92 Å². The van der Waals surface area contributed by atoms with E-state index in [2.05, 4.69) is 18.6 Å². The highest BCUT2D eigenvalue weighted by Gasteiger charge is 2.30. The highest BCUT2D eigenvalue weighted by atomic mass is 16.5. The third-order valence-electron chi connectivity index (χ3n) is 2.72. The summed E-state index contributed by atoms with van der Waals surface area (Å²) in [6.07, 6.45) is 0. The minimum atomic E-state index is -1.14. The summed E-state index contributed by atoms with van der Waals surface area (Å²) in [4.78, 5) is 11.4. The van der Waals surface area contributed by atoms with E-state index < -0.39 is 11.5 Å². The lowest BCUT2D eigenvalue weighted by Gasteiger charge is -2.21. The van der Waals surface area contributed by atoms with Gasteiger partial charge >= 0.3 is 5.97 Å². The molecule has 0 heterocycles. The van der Waals surface area contributed by atoms with Gasteiger partial charge in [0, 0.05) is 0 Å². The monoisotopic (exact) mass is 251 g/mol. The topological polar surface area (TPSA) is 61.5 Å². The summed E-state index contributed by atoms with van der Waals surface area (Å²) in [5, 5.41) is 0. The van der Waals surface area contributed by atoms with Gasteiger partial charge in [-0.3, -0.25) is 0 Å². The number of methoxy groups -OCH3 is 1. The Hall–Kier alpha value is -1.55. The highest BCUT2D eigenvalue weighted by Crippen LogP contribution is 2.20. The van der Waals surface area contributed by atoms with Crippen molar-refractivity contribution < 1.29 is 14.3 Å². The van der Waals surface area contributed by atoms with Crippen molar-refractivity contribution in [2.24, 2.45) is 5.73 Å². The van der Waals surface area contributed by atoms with Crippen LogP contribution in [0.3, 0.4) is 0 Å². The molecule has 18 heavy (non-hydrogen) atoms. The number of hydrogen-bond donors (Lipinski definition) is 1. The van der Waals surface area contributed by atoms with E-state index in [1.807, 2.05) is 24.3 Å². The van der Waals surface area contributed by atoms with Crippen LogP contribution in [0.5, 0.6) is 5.75 Å². The number of hydrogen-bond acceptors (Lipinski definition) is 4. The summed E-state index contributed by atoms with van der Waals surface area (Å²) in [5.41, 5.74) is 5.87. The second kappa shape index (κ2) is 5.87. The predicted molar refractivity (Wildman–Crippen MR) is 70.6 cm³/mol. The molecule has 1 aromatic carbocycles. The molecule has 0 fully saturated rings. The van der Waals surface area contributed by atoms with Crippen LogP contribution in [0, 0.1) is 0 Å². The van der Waals surface area contributed by atoms with Gasteiger partial charge in [-0.25, -0.2) is 4.79 Å². The molecule has 0 aromatic heterocycles. The first-order chi connectivity index (χ1) is 8.36. The summed E-state index contributed by atoms with van der Waals surface area (Å²) in [7, 11) is 1.31. The van der Waals surface area contributed by atoms with Gasteiger partial charge in [0.1, 0.15) is 17.9 Å². The fourth-order valence-electron chi connectivity index (χ4n) is 1.49. The summed E-state index contributed by atoms with van der Waals surface area (Å²) >= 11 is 0. The maximum Gasteiger partial charge on any atom is 0.329 e. The van der Waals surface area contributed by atoms with Crippen molar-refractivity contribution in [2.75, 3.05) is 13.7 Å². The first-order valence-corrected chi connectivity index (χ1v) is 5.97. The van der Waals surface area contributed by atoms with Gasteiger partial charge in [-0.2, -0.15) is 0 Å². The lowest BCUT2D eigenvalue weighted by atomic mass is 10.0. The Morgan fingerprint density at radius 2 is 2.11 bits per heavy atom. The smallest absolute Gasteiger partial charge is 0.329 e. The summed E-state index contributed by atoms with van der Waals surface area (Å²) in [5.74, 6) is 0.655. The van der Waals surface area contributed by atoms with Gasteiger partial charge in [0.15, 0.2) is 0 Å². The molecule has 2 N–H and O–H groups in total. The van der Waals surface area contributed by atoms with Gasteiger partial charge in [0.2, 0.25) is 0 Å². The van der Waals surface area contributed by atoms with Crippen LogP contribution in [0.2, 0.25) is 0 Å². The van der Waals surface area contributed by atoms with Crippen LogP contribution in [0.4, 0.5) is 0 Å². The molecule has 0 amide bonds. The second-order valence-electron chi connectivity index (χ2n) is 4.92. The van der Waals surface area contributed by atoms with Gasteiger partial charge in [-0.15, -0.1) is 0 Å². The van der Waals surface area contributed by atoms with Gasteiger partial charge in [0.05, 0.1) is 7.11 Å². The standard InChI is InChI=1S/C14H21NO3/c1-10(2)11-6-5-7-12(8-11)18-9-14(3,15)13(16)17-4/h5-8,10H,9,15H2,1-4H3. The van der Waals surface area contributed by atoms with Crippen molar-refractivity contribution in [1.29, 1.82) is 0 Å². The molecule has 100 valence electrons. The SMILES string of the molecule is COC(=O)C(C)(N)COc1cccc(C(C)C)c1. The molecule has 0 spiro atoms. The molecule has 1 aromatic rings. The normalized spacial score (nSPS) is 14.1. The van der Waals surface area contributed by atoms with Crippen molar-refractivity contribution >= 4 is 5.97 Å². The Morgan fingerprint density at radius 3 is 2.67 bits per heavy atom. The zero-order chi connectivity index (χ0) is 13.8. The average Bonchev–Trinajstić information content (AvgIpc) is 2.35. The van der Waals surface area contributed by atoms with Gasteiger partial charge < -0.3 is 15.2 Å². The Morgan fingerprint density at radius 1 is 1.44 bits per heavy atom. The van der Waals surface area contributed by atoms with Crippen LogP contribution >= 0.6 is 0 Å². The Labute approximate surface area is 108 Å². The van der Waals surface area contributed by atoms with Crippen LogP contribution in [-0.2, 0) is 9.53 Å². The maximum atomic E-state index is 11.4. The van der Waals surface area contributed by atoms with Crippen molar-refractivity contribution in [3.05, 3.63) is 29.8 Å². The van der Waals surface area contributed by atoms with Crippen LogP contribution in [0.1, 0.15) is 32.3 Å². The summed E-state index contributed by atoms with van der Waals surface area (Å²) in [6.45, 7) is 5.90. The number of nitrogens with two attached hydrogens (primary N) is 1. The van der Waals surface area contributed by atoms with Crippen LogP contribution < -0.4 is 10.5 Å². The molecular formula is C14H21NO3. The lowest BCUT2D eigenvalue weighted by molar-refractivity contribution is -0.147. The molecule has 1 rings (SSSR count). The van der Waals surface area contributed by atoms with Crippen LogP contribution in [-0.4, -0.2) is 25.2 Å². The van der Waals surface area contributed by atoms with Gasteiger partial charge in [-0.05, 0) is 30.5 Å². The van der Waals surface area contributed by atoms with Crippen molar-refractivity contribution in [2.45, 2.75) is 32.2 Å². The predicted octanol–water partition coefficient (Wildman–Crippen LogP) is 2.08. The van der Waals surface area contributed by atoms with E-state index >= 15 is 0 Å². The number of benzene rings is 1. The van der Waals surface area contributed by atoms with Crippen LogP contribution in [0.15, 0.2) is 24.3 Å². The van der Waals surface area contributed by atoms with Crippen molar-refractivity contribution in [3.8, 4) is 5.75 Å². The molecule has 4 heteroatoms. The molecule has 0 aliphatic rings. The lowest BCUT2D eigenvalue weighted by Crippen LogP contribution is -2.50. The van der Waals surface area contributed by atoms with E-state index in [0.29, 0.717) is 11.7 Å². The zero-order valence-corrected chi connectivity index (χ0v) is 11.4. The highest BCUT2D eigenvalue weighted by molar-refractivity contribution is 5.80. The maximum absolute atomic E-state index is 11.4. The summed E-state index contributed by atoms with van der Waals surface area (Å²) < 4.78 is 10.2. The Balaban J connectivity index is 2.69. The third kappa shape index (κ3) is 3.74. The minimum Gasteiger partial charge on any atom is -0.491 e. The number of rotatable bonds is 5. The molecule has 4 nitrogen and oxygen atoms in total. The van der Waals surface area contributed by atoms with Gasteiger partial charge in [-0.1, -0.05) is 26.0 Å². The van der Waals surface area contributed by atoms with E-state index in [1.165, 1.54) is 12.7 Å². The van der Waals surface area contributed by atoms with E-state index in [-0.39, 0.29) is 6.61 Å². The summed E-state index contributed by atoms with van der Waals surface area (Å²) in [6, 6.07) is 7.77. The molecule has 0 aliphatic heterocycles. The van der Waals surface area contributed by atoms with Gasteiger partial charge in [0.25, 0.3) is 0 Å². The van der Waals surface area contributed by atoms with Crippen molar-refractivity contribution in [1.82, 2.24) is 0 Å². The molecule has 0 saturated heterocycles. The molecule has 0 bridgehead atoms. The minimum absolute atomic E-state index is 0.0845. The van der Waals surface area contributed by atoms with Crippen molar-refractivity contribution in [3.63, 3.8) is 0 Å². The molecule has 1 atom stereocenters.